The molecule has 1 aromatic rings. The van der Waals surface area contributed by atoms with Gasteiger partial charge in [-0.1, -0.05) is 55.8 Å². The van der Waals surface area contributed by atoms with Gasteiger partial charge in [-0.25, -0.2) is 4.79 Å². The lowest BCUT2D eigenvalue weighted by Crippen LogP contribution is -2.58. The molecule has 3 N–H and O–H groups in total. The fraction of sp³-hybridized carbons (Fsp3) is 0.733. The summed E-state index contributed by atoms with van der Waals surface area (Å²) in [7, 11) is 3.67. The topological polar surface area (TPSA) is 82.7 Å². The Kier molecular flexibility index (Phi) is 12.7. The molecule has 7 nitrogen and oxygen atoms in total. The van der Waals surface area contributed by atoms with Crippen LogP contribution in [0.25, 0.3) is 0 Å². The monoisotopic (exact) mass is 548 g/mol. The average molecular weight is 549 g/mol. The van der Waals surface area contributed by atoms with Gasteiger partial charge in [0.15, 0.2) is 0 Å². The molecule has 1 aromatic carbocycles. The summed E-state index contributed by atoms with van der Waals surface area (Å²) >= 11 is 6.44. The zero-order valence-electron chi connectivity index (χ0n) is 23.7. The van der Waals surface area contributed by atoms with Gasteiger partial charge in [-0.2, -0.15) is 0 Å². The van der Waals surface area contributed by atoms with Gasteiger partial charge in [0.25, 0.3) is 0 Å². The highest BCUT2D eigenvalue weighted by Crippen LogP contribution is 2.41. The molecule has 0 aromatic heterocycles. The van der Waals surface area contributed by atoms with Crippen LogP contribution in [0.5, 0.6) is 0 Å². The molecule has 3 atom stereocenters. The predicted molar refractivity (Wildman–Crippen MR) is 154 cm³/mol. The Morgan fingerprint density at radius 3 is 2.63 bits per heavy atom. The smallest absolute Gasteiger partial charge is 0.317 e. The third-order valence-corrected chi connectivity index (χ3v) is 8.67. The van der Waals surface area contributed by atoms with Crippen molar-refractivity contribution in [2.24, 2.45) is 11.8 Å². The summed E-state index contributed by atoms with van der Waals surface area (Å²) < 4.78 is 5.29. The maximum Gasteiger partial charge on any atom is 0.317 e. The van der Waals surface area contributed by atoms with Crippen LogP contribution in [0.1, 0.15) is 83.1 Å². The summed E-state index contributed by atoms with van der Waals surface area (Å²) in [6.07, 6.45) is 11.9. The number of hydrogen-bond donors (Lipinski definition) is 3. The second kappa shape index (κ2) is 15.7. The molecule has 1 saturated heterocycles. The first kappa shape index (κ1) is 30.7. The predicted octanol–water partition coefficient (Wildman–Crippen LogP) is 5.47. The molecule has 0 spiro atoms. The van der Waals surface area contributed by atoms with Crippen LogP contribution in [-0.4, -0.2) is 63.3 Å². The number of nitrogens with one attached hydrogen (secondary N) is 3. The van der Waals surface area contributed by atoms with Crippen molar-refractivity contribution >= 4 is 23.5 Å². The second-order valence-corrected chi connectivity index (χ2v) is 11.8. The van der Waals surface area contributed by atoms with E-state index in [2.05, 4.69) is 22.0 Å². The first-order valence-corrected chi connectivity index (χ1v) is 15.0. The molecule has 1 aliphatic heterocycles. The minimum Gasteiger partial charge on any atom is -0.385 e. The van der Waals surface area contributed by atoms with Crippen molar-refractivity contribution in [2.45, 2.75) is 89.1 Å². The lowest BCUT2D eigenvalue weighted by molar-refractivity contribution is -0.122. The SMILES string of the molecule is CNCC(CC1CCCCC1)NC(=O)N1CCC[C@@H]([C@](CCCCOC)(NC(C)=O)c2cccc(Cl)c2)C1. The Hall–Kier alpha value is -1.83. The normalized spacial score (nSPS) is 20.9. The number of amides is 3. The van der Waals surface area contributed by atoms with Gasteiger partial charge < -0.3 is 25.6 Å². The number of ether oxygens (including phenoxy) is 1. The summed E-state index contributed by atoms with van der Waals surface area (Å²) in [4.78, 5) is 28.1. The van der Waals surface area contributed by atoms with E-state index in [1.165, 1.54) is 32.1 Å². The molecule has 1 saturated carbocycles. The van der Waals surface area contributed by atoms with Crippen molar-refractivity contribution in [2.75, 3.05) is 40.4 Å². The molecule has 38 heavy (non-hydrogen) atoms. The first-order chi connectivity index (χ1) is 18.4. The van der Waals surface area contributed by atoms with Gasteiger partial charge in [-0.15, -0.1) is 0 Å². The first-order valence-electron chi connectivity index (χ1n) is 14.6. The molecular weight excluding hydrogens is 500 g/mol. The molecule has 1 unspecified atom stereocenters. The number of nitrogens with zero attached hydrogens (tertiary/aromatic N) is 1. The van der Waals surface area contributed by atoms with E-state index < -0.39 is 5.54 Å². The Morgan fingerprint density at radius 1 is 1.16 bits per heavy atom. The van der Waals surface area contributed by atoms with Crippen molar-refractivity contribution < 1.29 is 14.3 Å². The summed E-state index contributed by atoms with van der Waals surface area (Å²) in [5.74, 6) is 0.701. The van der Waals surface area contributed by atoms with E-state index in [9.17, 15) is 9.59 Å². The van der Waals surface area contributed by atoms with Gasteiger partial charge in [0.05, 0.1) is 5.54 Å². The molecule has 1 aliphatic carbocycles. The third kappa shape index (κ3) is 8.85. The molecule has 214 valence electrons. The van der Waals surface area contributed by atoms with Gasteiger partial charge in [0.2, 0.25) is 5.91 Å². The summed E-state index contributed by atoms with van der Waals surface area (Å²) in [6, 6.07) is 7.98. The zero-order valence-corrected chi connectivity index (χ0v) is 24.5. The van der Waals surface area contributed by atoms with Crippen molar-refractivity contribution in [3.8, 4) is 0 Å². The maximum absolute atomic E-state index is 13.6. The number of unbranched alkanes of at least 4 members (excludes halogenated alkanes) is 1. The van der Waals surface area contributed by atoms with Crippen LogP contribution >= 0.6 is 11.6 Å². The van der Waals surface area contributed by atoms with Gasteiger partial charge in [0, 0.05) is 57.3 Å². The second-order valence-electron chi connectivity index (χ2n) is 11.3. The quantitative estimate of drug-likeness (QED) is 0.285. The molecule has 1 heterocycles. The molecule has 3 rings (SSSR count). The van der Waals surface area contributed by atoms with Crippen LogP contribution in [-0.2, 0) is 15.1 Å². The number of carbonyl (C=O) groups is 2. The maximum atomic E-state index is 13.6. The standard InChI is InChI=1S/C30H49ClN4O3/c1-23(36)34-30(16-7-8-18-38-3,25-13-9-15-27(31)20-25)26-14-10-17-35(22-26)29(37)33-28(21-32-2)19-24-11-5-4-6-12-24/h9,13,15,20,24,26,28,32H,4-8,10-12,14,16-19,21-22H2,1-3H3,(H,33,37)(H,34,36)/t26-,28?,30-/m1/s1. The van der Waals surface area contributed by atoms with E-state index >= 15 is 0 Å². The summed E-state index contributed by atoms with van der Waals surface area (Å²) in [5, 5.41) is 10.6. The number of halogens is 1. The molecule has 0 bridgehead atoms. The van der Waals surface area contributed by atoms with Crippen LogP contribution in [0.3, 0.4) is 0 Å². The number of likely N-dealkylation sites (tertiary alicyclic amines) is 1. The van der Waals surface area contributed by atoms with Crippen molar-refractivity contribution in [3.05, 3.63) is 34.9 Å². The van der Waals surface area contributed by atoms with Crippen molar-refractivity contribution in [3.63, 3.8) is 0 Å². The zero-order chi connectivity index (χ0) is 27.4. The number of likely N-dealkylation sites (N-methyl/N-ethyl adjacent to an activating group) is 1. The molecule has 0 radical (unpaired) electrons. The van der Waals surface area contributed by atoms with Gasteiger partial charge in [-0.05, 0) is 69.2 Å². The Bertz CT molecular complexity index is 879. The Morgan fingerprint density at radius 2 is 1.95 bits per heavy atom. The number of carbonyl (C=O) groups excluding carboxylic acids is 2. The minimum atomic E-state index is -0.601. The number of piperidine rings is 1. The average Bonchev–Trinajstić information content (AvgIpc) is 2.91. The van der Waals surface area contributed by atoms with E-state index in [4.69, 9.17) is 16.3 Å². The van der Waals surface area contributed by atoms with Crippen LogP contribution in [0.4, 0.5) is 4.79 Å². The van der Waals surface area contributed by atoms with E-state index in [-0.39, 0.29) is 23.9 Å². The molecular formula is C30H49ClN4O3. The molecule has 8 heteroatoms. The van der Waals surface area contributed by atoms with E-state index in [1.807, 2.05) is 30.1 Å². The van der Waals surface area contributed by atoms with E-state index in [0.717, 1.165) is 57.2 Å². The van der Waals surface area contributed by atoms with Gasteiger partial charge >= 0.3 is 6.03 Å². The highest BCUT2D eigenvalue weighted by atomic mass is 35.5. The number of urea groups is 1. The Labute approximate surface area is 234 Å². The lowest BCUT2D eigenvalue weighted by Gasteiger charge is -2.46. The largest absolute Gasteiger partial charge is 0.385 e. The van der Waals surface area contributed by atoms with Gasteiger partial charge in [-0.3, -0.25) is 4.79 Å². The molecule has 2 fully saturated rings. The fourth-order valence-corrected chi connectivity index (χ4v) is 6.84. The fourth-order valence-electron chi connectivity index (χ4n) is 6.65. The number of rotatable bonds is 13. The van der Waals surface area contributed by atoms with E-state index in [0.29, 0.717) is 24.1 Å². The highest BCUT2D eigenvalue weighted by molar-refractivity contribution is 6.30. The van der Waals surface area contributed by atoms with Crippen LogP contribution in [0, 0.1) is 11.8 Å². The lowest BCUT2D eigenvalue weighted by atomic mass is 9.71. The number of hydrogen-bond acceptors (Lipinski definition) is 4. The third-order valence-electron chi connectivity index (χ3n) is 8.43. The van der Waals surface area contributed by atoms with Crippen molar-refractivity contribution in [1.82, 2.24) is 20.9 Å². The van der Waals surface area contributed by atoms with Crippen LogP contribution in [0.15, 0.2) is 24.3 Å². The number of benzene rings is 1. The number of methoxy groups -OCH3 is 1. The van der Waals surface area contributed by atoms with Crippen LogP contribution in [0.2, 0.25) is 5.02 Å². The van der Waals surface area contributed by atoms with Gasteiger partial charge in [0.1, 0.15) is 0 Å². The van der Waals surface area contributed by atoms with E-state index in [1.54, 1.807) is 14.0 Å². The van der Waals surface area contributed by atoms with Crippen LogP contribution < -0.4 is 16.0 Å². The minimum absolute atomic E-state index is 0.00737. The Balaban J connectivity index is 1.79. The van der Waals surface area contributed by atoms with Crippen molar-refractivity contribution in [1.29, 1.82) is 0 Å². The molecule has 2 aliphatic rings. The highest BCUT2D eigenvalue weighted by Gasteiger charge is 2.43. The summed E-state index contributed by atoms with van der Waals surface area (Å²) in [5.41, 5.74) is 0.408. The summed E-state index contributed by atoms with van der Waals surface area (Å²) in [6.45, 7) is 4.36. The molecule has 3 amide bonds.